The fraction of sp³-hybridized carbons (Fsp3) is 0.364. The summed E-state index contributed by atoms with van der Waals surface area (Å²) in [5.74, 6) is 0.0112. The first-order valence-corrected chi connectivity index (χ1v) is 6.28. The number of benzene rings is 1. The molecule has 0 radical (unpaired) electrons. The average molecular weight is 354 g/mol. The van der Waals surface area contributed by atoms with Crippen LogP contribution in [0, 0.1) is 9.49 Å². The van der Waals surface area contributed by atoms with Crippen LogP contribution in [0.2, 0.25) is 5.02 Å². The smallest absolute Gasteiger partial charge is 0.258 e. The quantitative estimate of drug-likeness (QED) is 0.846. The molecule has 0 spiro atoms. The number of carbonyl (C=O) groups excluding carboxylic acids is 1. The van der Waals surface area contributed by atoms with E-state index in [9.17, 15) is 4.79 Å². The van der Waals surface area contributed by atoms with Crippen molar-refractivity contribution in [2.24, 2.45) is 11.7 Å². The van der Waals surface area contributed by atoms with E-state index in [1.165, 1.54) is 0 Å². The molecule has 16 heavy (non-hydrogen) atoms. The lowest BCUT2D eigenvalue weighted by atomic mass is 10.1. The molecule has 1 atom stereocenters. The van der Waals surface area contributed by atoms with Crippen molar-refractivity contribution >= 4 is 40.1 Å². The van der Waals surface area contributed by atoms with Gasteiger partial charge in [0.2, 0.25) is 0 Å². The van der Waals surface area contributed by atoms with Gasteiger partial charge in [0, 0.05) is 3.57 Å². The van der Waals surface area contributed by atoms with E-state index >= 15 is 0 Å². The summed E-state index contributed by atoms with van der Waals surface area (Å²) >= 11 is 8.15. The molecule has 1 aromatic rings. The minimum Gasteiger partial charge on any atom is -0.479 e. The summed E-state index contributed by atoms with van der Waals surface area (Å²) in [7, 11) is 0. The normalized spacial score (nSPS) is 12.6. The fourth-order valence-corrected chi connectivity index (χ4v) is 2.13. The molecule has 0 bridgehead atoms. The maximum Gasteiger partial charge on any atom is 0.258 e. The highest BCUT2D eigenvalue weighted by Gasteiger charge is 2.22. The summed E-state index contributed by atoms with van der Waals surface area (Å²) < 4.78 is 6.52. The highest BCUT2D eigenvalue weighted by atomic mass is 127. The lowest BCUT2D eigenvalue weighted by molar-refractivity contribution is -0.126. The second-order valence-electron chi connectivity index (χ2n) is 3.76. The predicted octanol–water partition coefficient (Wildman–Crippen LogP) is 2.83. The van der Waals surface area contributed by atoms with Gasteiger partial charge in [0.15, 0.2) is 6.10 Å². The summed E-state index contributed by atoms with van der Waals surface area (Å²) in [5, 5.41) is 0.485. The Kier molecular flexibility index (Phi) is 4.86. The molecule has 3 nitrogen and oxygen atoms in total. The molecular weight excluding hydrogens is 340 g/mol. The van der Waals surface area contributed by atoms with Gasteiger partial charge in [-0.05, 0) is 46.7 Å². The summed E-state index contributed by atoms with van der Waals surface area (Å²) in [6.07, 6.45) is -0.655. The van der Waals surface area contributed by atoms with Crippen molar-refractivity contribution in [3.63, 3.8) is 0 Å². The second kappa shape index (κ2) is 5.72. The van der Waals surface area contributed by atoms with Crippen LogP contribution in [-0.2, 0) is 4.79 Å². The lowest BCUT2D eigenvalue weighted by Crippen LogP contribution is -2.38. The van der Waals surface area contributed by atoms with Gasteiger partial charge in [-0.1, -0.05) is 25.4 Å². The first kappa shape index (κ1) is 13.6. The van der Waals surface area contributed by atoms with Crippen LogP contribution in [0.4, 0.5) is 0 Å². The molecule has 0 aliphatic heterocycles. The van der Waals surface area contributed by atoms with E-state index in [1.807, 2.05) is 19.9 Å². The predicted molar refractivity (Wildman–Crippen MR) is 72.6 cm³/mol. The Morgan fingerprint density at radius 1 is 1.50 bits per heavy atom. The maximum absolute atomic E-state index is 11.2. The summed E-state index contributed by atoms with van der Waals surface area (Å²) in [5.41, 5.74) is 5.26. The van der Waals surface area contributed by atoms with Gasteiger partial charge < -0.3 is 10.5 Å². The zero-order valence-electron chi connectivity index (χ0n) is 9.04. The molecule has 1 rings (SSSR count). The molecule has 5 heteroatoms. The number of nitrogens with two attached hydrogens (primary N) is 1. The molecule has 0 saturated heterocycles. The van der Waals surface area contributed by atoms with E-state index < -0.39 is 12.0 Å². The maximum atomic E-state index is 11.2. The van der Waals surface area contributed by atoms with Crippen molar-refractivity contribution < 1.29 is 9.53 Å². The molecule has 1 unspecified atom stereocenters. The molecule has 0 aromatic heterocycles. The van der Waals surface area contributed by atoms with Crippen LogP contribution in [0.25, 0.3) is 0 Å². The molecular formula is C11H13ClINO2. The molecule has 88 valence electrons. The molecule has 2 N–H and O–H groups in total. The molecule has 0 heterocycles. The summed E-state index contributed by atoms with van der Waals surface area (Å²) in [4.78, 5) is 11.2. The average Bonchev–Trinajstić information content (AvgIpc) is 2.15. The van der Waals surface area contributed by atoms with Crippen LogP contribution in [0.5, 0.6) is 5.75 Å². The second-order valence-corrected chi connectivity index (χ2v) is 5.41. The van der Waals surface area contributed by atoms with Crippen molar-refractivity contribution in [1.82, 2.24) is 0 Å². The molecule has 0 fully saturated rings. The Hall–Kier alpha value is -0.490. The first-order chi connectivity index (χ1) is 7.41. The van der Waals surface area contributed by atoms with E-state index in [0.717, 1.165) is 3.57 Å². The van der Waals surface area contributed by atoms with Gasteiger partial charge in [0.1, 0.15) is 5.75 Å². The topological polar surface area (TPSA) is 52.3 Å². The van der Waals surface area contributed by atoms with Gasteiger partial charge in [0.25, 0.3) is 5.91 Å². The standard InChI is InChI=1S/C11H13ClINO2/c1-6(2)10(11(14)15)16-9-4-3-7(13)5-8(9)12/h3-6,10H,1-2H3,(H2,14,15). The number of amides is 1. The first-order valence-electron chi connectivity index (χ1n) is 4.83. The zero-order chi connectivity index (χ0) is 12.3. The Morgan fingerprint density at radius 3 is 2.56 bits per heavy atom. The van der Waals surface area contributed by atoms with E-state index in [2.05, 4.69) is 22.6 Å². The SMILES string of the molecule is CC(C)C(Oc1ccc(I)cc1Cl)C(N)=O. The molecule has 1 aromatic carbocycles. The van der Waals surface area contributed by atoms with Gasteiger partial charge in [-0.25, -0.2) is 0 Å². The highest BCUT2D eigenvalue weighted by molar-refractivity contribution is 14.1. The van der Waals surface area contributed by atoms with Crippen LogP contribution < -0.4 is 10.5 Å². The monoisotopic (exact) mass is 353 g/mol. The van der Waals surface area contributed by atoms with Crippen molar-refractivity contribution in [3.05, 3.63) is 26.8 Å². The van der Waals surface area contributed by atoms with Crippen LogP contribution in [0.15, 0.2) is 18.2 Å². The third-order valence-corrected chi connectivity index (χ3v) is 3.00. The third-order valence-electron chi connectivity index (χ3n) is 2.03. The summed E-state index contributed by atoms with van der Waals surface area (Å²) in [6, 6.07) is 5.37. The van der Waals surface area contributed by atoms with Gasteiger partial charge in [-0.3, -0.25) is 4.79 Å². The number of ether oxygens (including phenoxy) is 1. The van der Waals surface area contributed by atoms with Gasteiger partial charge in [0.05, 0.1) is 5.02 Å². The van der Waals surface area contributed by atoms with E-state index in [0.29, 0.717) is 10.8 Å². The van der Waals surface area contributed by atoms with Crippen LogP contribution in [0.3, 0.4) is 0 Å². The minimum absolute atomic E-state index is 0.00726. The van der Waals surface area contributed by atoms with E-state index in [1.54, 1.807) is 12.1 Å². The number of primary amides is 1. The molecule has 0 saturated carbocycles. The summed E-state index contributed by atoms with van der Waals surface area (Å²) in [6.45, 7) is 3.74. The molecule has 0 aliphatic rings. The zero-order valence-corrected chi connectivity index (χ0v) is 11.9. The number of hydrogen-bond acceptors (Lipinski definition) is 2. The number of halogens is 2. The highest BCUT2D eigenvalue weighted by Crippen LogP contribution is 2.28. The number of carbonyl (C=O) groups is 1. The van der Waals surface area contributed by atoms with Crippen molar-refractivity contribution in [2.45, 2.75) is 20.0 Å². The van der Waals surface area contributed by atoms with Crippen molar-refractivity contribution in [1.29, 1.82) is 0 Å². The largest absolute Gasteiger partial charge is 0.479 e. The Labute approximate surface area is 113 Å². The van der Waals surface area contributed by atoms with E-state index in [-0.39, 0.29) is 5.92 Å². The van der Waals surface area contributed by atoms with Gasteiger partial charge in [-0.15, -0.1) is 0 Å². The number of hydrogen-bond donors (Lipinski definition) is 1. The van der Waals surface area contributed by atoms with Crippen LogP contribution in [0.1, 0.15) is 13.8 Å². The fourth-order valence-electron chi connectivity index (χ4n) is 1.23. The Bertz CT molecular complexity index is 396. The van der Waals surface area contributed by atoms with Crippen molar-refractivity contribution in [3.8, 4) is 5.75 Å². The lowest BCUT2D eigenvalue weighted by Gasteiger charge is -2.20. The van der Waals surface area contributed by atoms with Gasteiger partial charge >= 0.3 is 0 Å². The van der Waals surface area contributed by atoms with Crippen LogP contribution in [-0.4, -0.2) is 12.0 Å². The van der Waals surface area contributed by atoms with Crippen molar-refractivity contribution in [2.75, 3.05) is 0 Å². The minimum atomic E-state index is -0.655. The Balaban J connectivity index is 2.90. The molecule has 0 aliphatic carbocycles. The van der Waals surface area contributed by atoms with Crippen LogP contribution >= 0.6 is 34.2 Å². The van der Waals surface area contributed by atoms with Gasteiger partial charge in [-0.2, -0.15) is 0 Å². The third kappa shape index (κ3) is 3.52. The van der Waals surface area contributed by atoms with E-state index in [4.69, 9.17) is 22.1 Å². The molecule has 1 amide bonds. The Morgan fingerprint density at radius 2 is 2.12 bits per heavy atom. The number of rotatable bonds is 4.